The SMILES string of the molecule is CS(=O)(=O)OCCC(C#N)c1ccccc1. The van der Waals surface area contributed by atoms with E-state index in [4.69, 9.17) is 5.26 Å². The fourth-order valence-electron chi connectivity index (χ4n) is 1.31. The fraction of sp³-hybridized carbons (Fsp3) is 0.364. The summed E-state index contributed by atoms with van der Waals surface area (Å²) >= 11 is 0. The molecule has 86 valence electrons. The molecule has 0 heterocycles. The van der Waals surface area contributed by atoms with Gasteiger partial charge in [-0.2, -0.15) is 13.7 Å². The third-order valence-electron chi connectivity index (χ3n) is 2.06. The van der Waals surface area contributed by atoms with Gasteiger partial charge in [-0.15, -0.1) is 0 Å². The molecule has 0 amide bonds. The van der Waals surface area contributed by atoms with Crippen molar-refractivity contribution in [1.29, 1.82) is 5.26 Å². The van der Waals surface area contributed by atoms with Crippen molar-refractivity contribution in [3.05, 3.63) is 35.9 Å². The Morgan fingerprint density at radius 1 is 1.38 bits per heavy atom. The van der Waals surface area contributed by atoms with Crippen LogP contribution >= 0.6 is 0 Å². The van der Waals surface area contributed by atoms with Crippen LogP contribution in [0.15, 0.2) is 30.3 Å². The normalized spacial score (nSPS) is 13.0. The maximum atomic E-state index is 10.7. The molecule has 0 aromatic heterocycles. The highest BCUT2D eigenvalue weighted by atomic mass is 32.2. The van der Waals surface area contributed by atoms with Crippen LogP contribution in [0.2, 0.25) is 0 Å². The molecule has 0 N–H and O–H groups in total. The summed E-state index contributed by atoms with van der Waals surface area (Å²) in [5, 5.41) is 8.95. The molecule has 0 fully saturated rings. The highest BCUT2D eigenvalue weighted by Crippen LogP contribution is 2.18. The van der Waals surface area contributed by atoms with Crippen LogP contribution in [0.25, 0.3) is 0 Å². The first-order valence-electron chi connectivity index (χ1n) is 4.82. The number of nitriles is 1. The van der Waals surface area contributed by atoms with Crippen molar-refractivity contribution in [2.45, 2.75) is 12.3 Å². The predicted molar refractivity (Wildman–Crippen MR) is 60.2 cm³/mol. The maximum absolute atomic E-state index is 10.7. The summed E-state index contributed by atoms with van der Waals surface area (Å²) < 4.78 is 26.1. The lowest BCUT2D eigenvalue weighted by molar-refractivity contribution is 0.311. The first-order valence-corrected chi connectivity index (χ1v) is 6.63. The van der Waals surface area contributed by atoms with Gasteiger partial charge < -0.3 is 0 Å². The lowest BCUT2D eigenvalue weighted by Crippen LogP contribution is -2.07. The molecule has 1 rings (SSSR count). The first-order chi connectivity index (χ1) is 7.53. The Kier molecular flexibility index (Phi) is 4.47. The van der Waals surface area contributed by atoms with E-state index in [2.05, 4.69) is 10.3 Å². The minimum atomic E-state index is -3.42. The molecule has 1 aromatic rings. The van der Waals surface area contributed by atoms with Gasteiger partial charge in [-0.1, -0.05) is 30.3 Å². The molecule has 1 atom stereocenters. The van der Waals surface area contributed by atoms with Crippen LogP contribution in [0.3, 0.4) is 0 Å². The van der Waals surface area contributed by atoms with Crippen LogP contribution in [0.5, 0.6) is 0 Å². The molecule has 1 aromatic carbocycles. The Hall–Kier alpha value is -1.38. The average Bonchev–Trinajstić information content (AvgIpc) is 2.24. The molecule has 0 saturated heterocycles. The second-order valence-corrected chi connectivity index (χ2v) is 5.05. The van der Waals surface area contributed by atoms with E-state index in [0.29, 0.717) is 6.42 Å². The molecule has 0 aliphatic carbocycles. The van der Waals surface area contributed by atoms with E-state index in [1.54, 1.807) is 0 Å². The number of hydrogen-bond acceptors (Lipinski definition) is 4. The highest BCUT2D eigenvalue weighted by Gasteiger charge is 2.11. The van der Waals surface area contributed by atoms with Crippen molar-refractivity contribution in [2.75, 3.05) is 12.9 Å². The van der Waals surface area contributed by atoms with E-state index < -0.39 is 10.1 Å². The molecule has 0 spiro atoms. The average molecular weight is 239 g/mol. The van der Waals surface area contributed by atoms with Crippen molar-refractivity contribution < 1.29 is 12.6 Å². The Labute approximate surface area is 95.6 Å². The van der Waals surface area contributed by atoms with E-state index in [1.807, 2.05) is 30.3 Å². The molecule has 4 nitrogen and oxygen atoms in total. The Balaban J connectivity index is 2.55. The summed E-state index contributed by atoms with van der Waals surface area (Å²) in [5.41, 5.74) is 0.877. The van der Waals surface area contributed by atoms with Crippen LogP contribution in [0.4, 0.5) is 0 Å². The van der Waals surface area contributed by atoms with Gasteiger partial charge in [-0.25, -0.2) is 0 Å². The smallest absolute Gasteiger partial charge is 0.264 e. The van der Waals surface area contributed by atoms with Crippen molar-refractivity contribution in [1.82, 2.24) is 0 Å². The second-order valence-electron chi connectivity index (χ2n) is 3.41. The Morgan fingerprint density at radius 2 is 2.00 bits per heavy atom. The minimum Gasteiger partial charge on any atom is -0.270 e. The fourth-order valence-corrected chi connectivity index (χ4v) is 1.71. The molecular weight excluding hydrogens is 226 g/mol. The highest BCUT2D eigenvalue weighted by molar-refractivity contribution is 7.85. The molecule has 0 aliphatic heterocycles. The van der Waals surface area contributed by atoms with Crippen LogP contribution in [0, 0.1) is 11.3 Å². The Bertz CT molecular complexity index is 462. The van der Waals surface area contributed by atoms with Gasteiger partial charge in [0.05, 0.1) is 24.8 Å². The van der Waals surface area contributed by atoms with Crippen molar-refractivity contribution in [2.24, 2.45) is 0 Å². The van der Waals surface area contributed by atoms with Gasteiger partial charge in [0.15, 0.2) is 0 Å². The van der Waals surface area contributed by atoms with Crippen LogP contribution in [-0.4, -0.2) is 21.3 Å². The third-order valence-corrected chi connectivity index (χ3v) is 2.66. The molecule has 0 aliphatic rings. The van der Waals surface area contributed by atoms with Gasteiger partial charge in [0, 0.05) is 0 Å². The summed E-state index contributed by atoms with van der Waals surface area (Å²) in [6.45, 7) is 0.0337. The van der Waals surface area contributed by atoms with Gasteiger partial charge in [-0.3, -0.25) is 4.18 Å². The van der Waals surface area contributed by atoms with Gasteiger partial charge in [0.2, 0.25) is 0 Å². The Morgan fingerprint density at radius 3 is 2.50 bits per heavy atom. The van der Waals surface area contributed by atoms with Crippen LogP contribution in [0.1, 0.15) is 17.9 Å². The van der Waals surface area contributed by atoms with E-state index in [-0.39, 0.29) is 12.5 Å². The molecular formula is C11H13NO3S. The molecule has 0 radical (unpaired) electrons. The topological polar surface area (TPSA) is 67.2 Å². The standard InChI is InChI=1S/C11H13NO3S/c1-16(13,14)15-8-7-11(9-12)10-5-3-2-4-6-10/h2-6,11H,7-8H2,1H3. The predicted octanol–water partition coefficient (Wildman–Crippen LogP) is 1.66. The van der Waals surface area contributed by atoms with E-state index >= 15 is 0 Å². The molecule has 0 saturated carbocycles. The summed E-state index contributed by atoms with van der Waals surface area (Å²) in [6.07, 6.45) is 1.37. The molecule has 1 unspecified atom stereocenters. The zero-order chi connectivity index (χ0) is 12.0. The molecule has 0 bridgehead atoms. The number of hydrogen-bond donors (Lipinski definition) is 0. The lowest BCUT2D eigenvalue weighted by atomic mass is 9.98. The van der Waals surface area contributed by atoms with Crippen molar-refractivity contribution in [3.8, 4) is 6.07 Å². The monoisotopic (exact) mass is 239 g/mol. The minimum absolute atomic E-state index is 0.0337. The van der Waals surface area contributed by atoms with E-state index in [0.717, 1.165) is 11.8 Å². The van der Waals surface area contributed by atoms with Gasteiger partial charge in [0.1, 0.15) is 0 Å². The zero-order valence-corrected chi connectivity index (χ0v) is 9.78. The van der Waals surface area contributed by atoms with Gasteiger partial charge >= 0.3 is 0 Å². The number of benzene rings is 1. The van der Waals surface area contributed by atoms with E-state index in [1.165, 1.54) is 0 Å². The summed E-state index contributed by atoms with van der Waals surface area (Å²) in [4.78, 5) is 0. The van der Waals surface area contributed by atoms with E-state index in [9.17, 15) is 8.42 Å². The second kappa shape index (κ2) is 5.64. The maximum Gasteiger partial charge on any atom is 0.264 e. The van der Waals surface area contributed by atoms with Gasteiger partial charge in [0.25, 0.3) is 10.1 Å². The quantitative estimate of drug-likeness (QED) is 0.733. The molecule has 16 heavy (non-hydrogen) atoms. The van der Waals surface area contributed by atoms with Crippen LogP contribution < -0.4 is 0 Å². The number of rotatable bonds is 5. The lowest BCUT2D eigenvalue weighted by Gasteiger charge is -2.08. The first kappa shape index (κ1) is 12.7. The summed E-state index contributed by atoms with van der Waals surface area (Å²) in [7, 11) is -3.42. The summed E-state index contributed by atoms with van der Waals surface area (Å²) in [6, 6.07) is 11.4. The largest absolute Gasteiger partial charge is 0.270 e. The van der Waals surface area contributed by atoms with Gasteiger partial charge in [-0.05, 0) is 12.0 Å². The summed E-state index contributed by atoms with van der Waals surface area (Å²) in [5.74, 6) is -0.331. The number of nitrogens with zero attached hydrogens (tertiary/aromatic N) is 1. The third kappa shape index (κ3) is 4.43. The zero-order valence-electron chi connectivity index (χ0n) is 8.96. The van der Waals surface area contributed by atoms with Crippen molar-refractivity contribution >= 4 is 10.1 Å². The molecule has 5 heteroatoms. The van der Waals surface area contributed by atoms with Crippen molar-refractivity contribution in [3.63, 3.8) is 0 Å². The van der Waals surface area contributed by atoms with Crippen LogP contribution in [-0.2, 0) is 14.3 Å².